The average molecular weight is 401 g/mol. The second-order valence-electron chi connectivity index (χ2n) is 7.47. The molecule has 1 fully saturated rings. The van der Waals surface area contributed by atoms with Gasteiger partial charge < -0.3 is 4.90 Å². The first-order valence-electron chi connectivity index (χ1n) is 9.76. The summed E-state index contributed by atoms with van der Waals surface area (Å²) in [6, 6.07) is 18.7. The number of hydrogen-bond acceptors (Lipinski definition) is 2. The summed E-state index contributed by atoms with van der Waals surface area (Å²) in [6.07, 6.45) is 5.62. The van der Waals surface area contributed by atoms with Crippen LogP contribution in [0.3, 0.4) is 0 Å². The number of likely N-dealkylation sites (tertiary alicyclic amines) is 1. The third kappa shape index (κ3) is 5.98. The number of rotatable bonds is 7. The highest BCUT2D eigenvalue weighted by Crippen LogP contribution is 2.29. The summed E-state index contributed by atoms with van der Waals surface area (Å²) in [6.45, 7) is 3.40. The predicted molar refractivity (Wildman–Crippen MR) is 113 cm³/mol. The van der Waals surface area contributed by atoms with Crippen LogP contribution in [0.1, 0.15) is 42.7 Å². The Morgan fingerprint density at radius 3 is 2.44 bits per heavy atom. The first kappa shape index (κ1) is 20.2. The molecule has 1 unspecified atom stereocenters. The second-order valence-corrected chi connectivity index (χ2v) is 8.29. The van der Waals surface area contributed by atoms with E-state index in [-0.39, 0.29) is 5.92 Å². The van der Waals surface area contributed by atoms with E-state index in [1.54, 1.807) is 6.07 Å². The molecule has 142 valence electrons. The van der Waals surface area contributed by atoms with E-state index in [1.807, 2.05) is 12.1 Å². The smallest absolute Gasteiger partial charge is 0.0713 e. The van der Waals surface area contributed by atoms with Crippen molar-refractivity contribution in [2.45, 2.75) is 38.0 Å². The second kappa shape index (κ2) is 10.1. The van der Waals surface area contributed by atoms with E-state index in [1.165, 1.54) is 37.9 Å². The molecule has 2 aromatic carbocycles. The van der Waals surface area contributed by atoms with Crippen molar-refractivity contribution >= 4 is 23.2 Å². The Morgan fingerprint density at radius 1 is 1.04 bits per heavy atom. The molecule has 4 heteroatoms. The molecular formula is C23H26Cl2N2. The molecule has 0 radical (unpaired) electrons. The first-order chi connectivity index (χ1) is 13.2. The number of benzene rings is 2. The minimum atomic E-state index is -0.115. The van der Waals surface area contributed by atoms with Gasteiger partial charge in [-0.05, 0) is 80.9 Å². The minimum Gasteiger partial charge on any atom is -0.303 e. The van der Waals surface area contributed by atoms with E-state index >= 15 is 0 Å². The maximum absolute atomic E-state index is 9.51. The van der Waals surface area contributed by atoms with Crippen LogP contribution in [0.15, 0.2) is 48.5 Å². The van der Waals surface area contributed by atoms with E-state index in [0.29, 0.717) is 10.0 Å². The zero-order valence-corrected chi connectivity index (χ0v) is 17.1. The third-order valence-corrected chi connectivity index (χ3v) is 6.28. The van der Waals surface area contributed by atoms with Crippen molar-refractivity contribution in [2.24, 2.45) is 5.92 Å². The predicted octanol–water partition coefficient (Wildman–Crippen LogP) is 6.34. The standard InChI is InChI=1S/C23H26Cl2N2/c24-22-9-8-20(16-23(22)25)21(17-26)7-4-12-27-13-10-19(11-14-27)15-18-5-2-1-3-6-18/h1-3,5-6,8-9,16,19,21H,4,7,10-15H2. The molecule has 0 N–H and O–H groups in total. The Morgan fingerprint density at radius 2 is 1.78 bits per heavy atom. The lowest BCUT2D eigenvalue weighted by Crippen LogP contribution is -2.35. The summed E-state index contributed by atoms with van der Waals surface area (Å²) in [5, 5.41) is 10.6. The van der Waals surface area contributed by atoms with Crippen molar-refractivity contribution in [3.8, 4) is 6.07 Å². The van der Waals surface area contributed by atoms with Crippen molar-refractivity contribution in [1.82, 2.24) is 4.90 Å². The largest absolute Gasteiger partial charge is 0.303 e. The van der Waals surface area contributed by atoms with Crippen LogP contribution in [0.2, 0.25) is 10.0 Å². The Bertz CT molecular complexity index is 762. The molecule has 0 saturated carbocycles. The summed E-state index contributed by atoms with van der Waals surface area (Å²) in [7, 11) is 0. The topological polar surface area (TPSA) is 27.0 Å². The number of nitriles is 1. The van der Waals surface area contributed by atoms with Gasteiger partial charge in [0.15, 0.2) is 0 Å². The maximum Gasteiger partial charge on any atom is 0.0713 e. The number of halogens is 2. The highest BCUT2D eigenvalue weighted by atomic mass is 35.5. The Kier molecular flexibility index (Phi) is 7.59. The lowest BCUT2D eigenvalue weighted by Gasteiger charge is -2.32. The maximum atomic E-state index is 9.51. The molecule has 0 bridgehead atoms. The normalized spacial score (nSPS) is 16.8. The summed E-state index contributed by atoms with van der Waals surface area (Å²) >= 11 is 12.1. The van der Waals surface area contributed by atoms with Gasteiger partial charge in [0.2, 0.25) is 0 Å². The molecule has 2 nitrogen and oxygen atoms in total. The van der Waals surface area contributed by atoms with Crippen LogP contribution in [-0.2, 0) is 6.42 Å². The average Bonchev–Trinajstić information content (AvgIpc) is 2.70. The summed E-state index contributed by atoms with van der Waals surface area (Å²) < 4.78 is 0. The fraction of sp³-hybridized carbons (Fsp3) is 0.435. The molecule has 0 aliphatic carbocycles. The molecule has 27 heavy (non-hydrogen) atoms. The SMILES string of the molecule is N#CC(CCCN1CCC(Cc2ccccc2)CC1)c1ccc(Cl)c(Cl)c1. The van der Waals surface area contributed by atoms with E-state index in [0.717, 1.165) is 30.9 Å². The van der Waals surface area contributed by atoms with E-state index in [2.05, 4.69) is 41.3 Å². The van der Waals surface area contributed by atoms with Crippen molar-refractivity contribution in [2.75, 3.05) is 19.6 Å². The van der Waals surface area contributed by atoms with Gasteiger partial charge in [0.1, 0.15) is 0 Å². The molecule has 1 heterocycles. The summed E-state index contributed by atoms with van der Waals surface area (Å²) in [5.74, 6) is 0.683. The van der Waals surface area contributed by atoms with Crippen LogP contribution in [0.25, 0.3) is 0 Å². The van der Waals surface area contributed by atoms with Crippen LogP contribution >= 0.6 is 23.2 Å². The van der Waals surface area contributed by atoms with Crippen molar-refractivity contribution in [1.29, 1.82) is 5.26 Å². The van der Waals surface area contributed by atoms with Gasteiger partial charge in [0.25, 0.3) is 0 Å². The zero-order valence-electron chi connectivity index (χ0n) is 15.6. The molecule has 0 aromatic heterocycles. The molecular weight excluding hydrogens is 375 g/mol. The van der Waals surface area contributed by atoms with Crippen LogP contribution in [-0.4, -0.2) is 24.5 Å². The van der Waals surface area contributed by atoms with E-state index in [4.69, 9.17) is 23.2 Å². The molecule has 1 aliphatic rings. The lowest BCUT2D eigenvalue weighted by molar-refractivity contribution is 0.181. The molecule has 0 amide bonds. The number of piperidine rings is 1. The van der Waals surface area contributed by atoms with Gasteiger partial charge in [-0.25, -0.2) is 0 Å². The molecule has 1 saturated heterocycles. The van der Waals surface area contributed by atoms with E-state index in [9.17, 15) is 5.26 Å². The van der Waals surface area contributed by atoms with Gasteiger partial charge in [-0.2, -0.15) is 5.26 Å². The van der Waals surface area contributed by atoms with Crippen molar-refractivity contribution < 1.29 is 0 Å². The molecule has 0 spiro atoms. The monoisotopic (exact) mass is 400 g/mol. The van der Waals surface area contributed by atoms with Crippen LogP contribution in [0.5, 0.6) is 0 Å². The van der Waals surface area contributed by atoms with Gasteiger partial charge in [-0.3, -0.25) is 0 Å². The molecule has 3 rings (SSSR count). The summed E-state index contributed by atoms with van der Waals surface area (Å²) in [4.78, 5) is 2.55. The summed E-state index contributed by atoms with van der Waals surface area (Å²) in [5.41, 5.74) is 2.42. The Labute approximate surface area is 172 Å². The minimum absolute atomic E-state index is 0.115. The van der Waals surface area contributed by atoms with Gasteiger partial charge in [0.05, 0.1) is 22.0 Å². The Balaban J connectivity index is 1.40. The number of nitrogens with zero attached hydrogens (tertiary/aromatic N) is 2. The highest BCUT2D eigenvalue weighted by molar-refractivity contribution is 6.42. The van der Waals surface area contributed by atoms with Gasteiger partial charge in [-0.1, -0.05) is 59.6 Å². The van der Waals surface area contributed by atoms with E-state index < -0.39 is 0 Å². The van der Waals surface area contributed by atoms with Gasteiger partial charge in [0, 0.05) is 0 Å². The first-order valence-corrected chi connectivity index (χ1v) is 10.5. The third-order valence-electron chi connectivity index (χ3n) is 5.54. The lowest BCUT2D eigenvalue weighted by atomic mass is 9.90. The van der Waals surface area contributed by atoms with Crippen LogP contribution < -0.4 is 0 Å². The number of hydrogen-bond donors (Lipinski definition) is 0. The van der Waals surface area contributed by atoms with Crippen molar-refractivity contribution in [3.63, 3.8) is 0 Å². The zero-order chi connectivity index (χ0) is 19.1. The molecule has 1 atom stereocenters. The van der Waals surface area contributed by atoms with Gasteiger partial charge in [-0.15, -0.1) is 0 Å². The fourth-order valence-corrected chi connectivity index (χ4v) is 4.22. The Hall–Kier alpha value is -1.53. The molecule has 1 aliphatic heterocycles. The van der Waals surface area contributed by atoms with Crippen LogP contribution in [0, 0.1) is 17.2 Å². The molecule has 2 aromatic rings. The highest BCUT2D eigenvalue weighted by Gasteiger charge is 2.20. The quantitative estimate of drug-likeness (QED) is 0.542. The van der Waals surface area contributed by atoms with Crippen molar-refractivity contribution in [3.05, 3.63) is 69.7 Å². The van der Waals surface area contributed by atoms with Crippen LogP contribution in [0.4, 0.5) is 0 Å². The fourth-order valence-electron chi connectivity index (χ4n) is 3.92. The van der Waals surface area contributed by atoms with Gasteiger partial charge >= 0.3 is 0 Å².